The summed E-state index contributed by atoms with van der Waals surface area (Å²) in [5, 5.41) is 5.36. The fourth-order valence-corrected chi connectivity index (χ4v) is 4.33. The fraction of sp³-hybridized carbons (Fsp3) is 0.500. The van der Waals surface area contributed by atoms with Gasteiger partial charge in [0.25, 0.3) is 0 Å². The van der Waals surface area contributed by atoms with E-state index in [1.807, 2.05) is 16.2 Å². The molecule has 5 heteroatoms. The summed E-state index contributed by atoms with van der Waals surface area (Å²) in [4.78, 5) is 18.7. The number of amides is 2. The molecular formula is C22H31N3OS. The molecule has 0 bridgehead atoms. The number of hydrogen-bond acceptors (Lipinski definition) is 3. The van der Waals surface area contributed by atoms with Gasteiger partial charge in [-0.05, 0) is 41.3 Å². The van der Waals surface area contributed by atoms with E-state index in [0.717, 1.165) is 51.3 Å². The van der Waals surface area contributed by atoms with Gasteiger partial charge in [-0.15, -0.1) is 11.3 Å². The van der Waals surface area contributed by atoms with E-state index in [0.29, 0.717) is 5.92 Å². The molecule has 146 valence electrons. The normalized spacial score (nSPS) is 15.3. The first-order valence-electron chi connectivity index (χ1n) is 10.0. The van der Waals surface area contributed by atoms with Crippen molar-refractivity contribution in [1.29, 1.82) is 0 Å². The highest BCUT2D eigenvalue weighted by Gasteiger charge is 2.22. The highest BCUT2D eigenvalue weighted by Crippen LogP contribution is 2.28. The molecule has 1 fully saturated rings. The molecule has 1 aromatic carbocycles. The lowest BCUT2D eigenvalue weighted by Crippen LogP contribution is -2.50. The molecule has 3 rings (SSSR count). The Bertz CT molecular complexity index is 734. The molecule has 0 aliphatic carbocycles. The molecule has 4 nitrogen and oxygen atoms in total. The maximum atomic E-state index is 12.9. The Labute approximate surface area is 167 Å². The van der Waals surface area contributed by atoms with Gasteiger partial charge in [0.05, 0.1) is 0 Å². The zero-order valence-corrected chi connectivity index (χ0v) is 17.5. The maximum Gasteiger partial charge on any atom is 0.321 e. The number of urea groups is 1. The van der Waals surface area contributed by atoms with Crippen LogP contribution >= 0.6 is 11.3 Å². The third-order valence-electron chi connectivity index (χ3n) is 5.33. The highest BCUT2D eigenvalue weighted by atomic mass is 32.1. The average Bonchev–Trinajstić information content (AvgIpc) is 3.20. The summed E-state index contributed by atoms with van der Waals surface area (Å²) in [7, 11) is 0. The number of hydrogen-bond donors (Lipinski definition) is 1. The number of nitrogens with one attached hydrogen (secondary N) is 1. The van der Waals surface area contributed by atoms with Crippen LogP contribution in [0.15, 0.2) is 35.7 Å². The minimum Gasteiger partial charge on any atom is -0.322 e. The van der Waals surface area contributed by atoms with Crippen molar-refractivity contribution < 1.29 is 4.79 Å². The predicted molar refractivity (Wildman–Crippen MR) is 115 cm³/mol. The molecule has 2 amide bonds. The first-order chi connectivity index (χ1) is 13.1. The van der Waals surface area contributed by atoms with E-state index < -0.39 is 0 Å². The molecule has 2 heterocycles. The fourth-order valence-electron chi connectivity index (χ4n) is 3.63. The molecule has 2 aromatic rings. The molecule has 1 aliphatic heterocycles. The largest absolute Gasteiger partial charge is 0.322 e. The molecular weight excluding hydrogens is 354 g/mol. The van der Waals surface area contributed by atoms with Crippen LogP contribution in [0.2, 0.25) is 0 Å². The summed E-state index contributed by atoms with van der Waals surface area (Å²) >= 11 is 1.82. The van der Waals surface area contributed by atoms with Crippen LogP contribution in [0.4, 0.5) is 10.5 Å². The lowest BCUT2D eigenvalue weighted by atomic mass is 9.96. The lowest BCUT2D eigenvalue weighted by molar-refractivity contribution is 0.148. The Hall–Kier alpha value is -1.85. The van der Waals surface area contributed by atoms with Crippen molar-refractivity contribution in [2.45, 2.75) is 39.5 Å². The number of anilines is 1. The van der Waals surface area contributed by atoms with Gasteiger partial charge in [-0.3, -0.25) is 4.90 Å². The third-order valence-corrected chi connectivity index (χ3v) is 6.27. The second kappa shape index (κ2) is 9.38. The van der Waals surface area contributed by atoms with Crippen molar-refractivity contribution in [2.24, 2.45) is 0 Å². The van der Waals surface area contributed by atoms with E-state index in [4.69, 9.17) is 0 Å². The molecule has 0 atom stereocenters. The third kappa shape index (κ3) is 5.11. The number of rotatable bonds is 6. The number of carbonyl (C=O) groups excluding carboxylic acids is 1. The van der Waals surface area contributed by atoms with E-state index in [1.165, 1.54) is 16.0 Å². The van der Waals surface area contributed by atoms with E-state index in [2.05, 4.69) is 66.7 Å². The standard InChI is InChI=1S/C22H31N3OS/c1-4-18-7-5-9-20(17(2)3)21(18)23-22(26)25-14-12-24(13-15-25)11-10-19-8-6-16-27-19/h5-9,16-17H,4,10-15H2,1-3H3,(H,23,26). The smallest absolute Gasteiger partial charge is 0.321 e. The summed E-state index contributed by atoms with van der Waals surface area (Å²) in [5.41, 5.74) is 3.45. The predicted octanol–water partition coefficient (Wildman–Crippen LogP) is 4.83. The van der Waals surface area contributed by atoms with Gasteiger partial charge < -0.3 is 10.2 Å². The number of nitrogens with zero attached hydrogens (tertiary/aromatic N) is 2. The molecule has 1 N–H and O–H groups in total. The van der Waals surface area contributed by atoms with E-state index in [9.17, 15) is 4.79 Å². The number of benzene rings is 1. The van der Waals surface area contributed by atoms with Gasteiger partial charge in [-0.1, -0.05) is 45.0 Å². The van der Waals surface area contributed by atoms with Crippen molar-refractivity contribution >= 4 is 23.1 Å². The summed E-state index contributed by atoms with van der Waals surface area (Å²) in [6.45, 7) is 11.1. The van der Waals surface area contributed by atoms with Crippen LogP contribution in [0, 0.1) is 0 Å². The van der Waals surface area contributed by atoms with Crippen LogP contribution in [0.25, 0.3) is 0 Å². The Morgan fingerprint density at radius 1 is 1.15 bits per heavy atom. The lowest BCUT2D eigenvalue weighted by Gasteiger charge is -2.35. The quantitative estimate of drug-likeness (QED) is 0.773. The summed E-state index contributed by atoms with van der Waals surface area (Å²) < 4.78 is 0. The van der Waals surface area contributed by atoms with Gasteiger partial charge >= 0.3 is 6.03 Å². The highest BCUT2D eigenvalue weighted by molar-refractivity contribution is 7.09. The number of carbonyl (C=O) groups is 1. The van der Waals surface area contributed by atoms with Gasteiger partial charge in [0.15, 0.2) is 0 Å². The topological polar surface area (TPSA) is 35.6 Å². The SMILES string of the molecule is CCc1cccc(C(C)C)c1NC(=O)N1CCN(CCc2cccs2)CC1. The molecule has 0 unspecified atom stereocenters. The van der Waals surface area contributed by atoms with Gasteiger partial charge in [0, 0.05) is 43.3 Å². The van der Waals surface area contributed by atoms with Crippen LogP contribution in [-0.2, 0) is 12.8 Å². The number of para-hydroxylation sites is 1. The second-order valence-electron chi connectivity index (χ2n) is 7.48. The van der Waals surface area contributed by atoms with E-state index in [1.54, 1.807) is 0 Å². The van der Waals surface area contributed by atoms with Crippen LogP contribution in [0.5, 0.6) is 0 Å². The van der Waals surface area contributed by atoms with Crippen molar-refractivity contribution in [1.82, 2.24) is 9.80 Å². The van der Waals surface area contributed by atoms with Crippen molar-refractivity contribution in [3.8, 4) is 0 Å². The molecule has 0 spiro atoms. The van der Waals surface area contributed by atoms with Gasteiger partial charge in [0.2, 0.25) is 0 Å². The first-order valence-corrected chi connectivity index (χ1v) is 10.9. The van der Waals surface area contributed by atoms with Crippen LogP contribution in [0.3, 0.4) is 0 Å². The monoisotopic (exact) mass is 385 g/mol. The zero-order chi connectivity index (χ0) is 19.2. The Kier molecular flexibility index (Phi) is 6.91. The zero-order valence-electron chi connectivity index (χ0n) is 16.7. The Morgan fingerprint density at radius 3 is 2.56 bits per heavy atom. The summed E-state index contributed by atoms with van der Waals surface area (Å²) in [6, 6.07) is 10.7. The van der Waals surface area contributed by atoms with E-state index in [-0.39, 0.29) is 6.03 Å². The van der Waals surface area contributed by atoms with E-state index >= 15 is 0 Å². The molecule has 1 saturated heterocycles. The first kappa shape index (κ1) is 19.9. The summed E-state index contributed by atoms with van der Waals surface area (Å²) in [6.07, 6.45) is 2.03. The van der Waals surface area contributed by atoms with Gasteiger partial charge in [-0.25, -0.2) is 4.79 Å². The summed E-state index contributed by atoms with van der Waals surface area (Å²) in [5.74, 6) is 0.390. The second-order valence-corrected chi connectivity index (χ2v) is 8.51. The van der Waals surface area contributed by atoms with Crippen molar-refractivity contribution in [2.75, 3.05) is 38.0 Å². The molecule has 0 saturated carbocycles. The number of thiophene rings is 1. The van der Waals surface area contributed by atoms with Crippen molar-refractivity contribution in [3.63, 3.8) is 0 Å². The number of piperazine rings is 1. The van der Waals surface area contributed by atoms with Crippen molar-refractivity contribution in [3.05, 3.63) is 51.7 Å². The minimum absolute atomic E-state index is 0.0377. The molecule has 1 aromatic heterocycles. The van der Waals surface area contributed by atoms with Crippen LogP contribution in [0.1, 0.15) is 42.7 Å². The maximum absolute atomic E-state index is 12.9. The minimum atomic E-state index is 0.0377. The molecule has 1 aliphatic rings. The molecule has 27 heavy (non-hydrogen) atoms. The average molecular weight is 386 g/mol. The van der Waals surface area contributed by atoms with Gasteiger partial charge in [-0.2, -0.15) is 0 Å². The van der Waals surface area contributed by atoms with Crippen LogP contribution < -0.4 is 5.32 Å². The van der Waals surface area contributed by atoms with Gasteiger partial charge in [0.1, 0.15) is 0 Å². The Morgan fingerprint density at radius 2 is 1.93 bits per heavy atom. The Balaban J connectivity index is 1.55. The number of aryl methyl sites for hydroxylation is 1. The van der Waals surface area contributed by atoms with Crippen LogP contribution in [-0.4, -0.2) is 48.6 Å². The molecule has 0 radical (unpaired) electrons.